The normalized spacial score (nSPS) is 10.5. The Morgan fingerprint density at radius 2 is 2.09 bits per heavy atom. The van der Waals surface area contributed by atoms with Gasteiger partial charge in [0.1, 0.15) is 12.4 Å². The van der Waals surface area contributed by atoms with Crippen molar-refractivity contribution in [3.63, 3.8) is 0 Å². The number of para-hydroxylation sites is 1. The fraction of sp³-hybridized carbons (Fsp3) is 0.125. The first-order valence-electron chi connectivity index (χ1n) is 6.42. The number of ether oxygens (including phenoxy) is 3. The Bertz CT molecular complexity index is 655. The third kappa shape index (κ3) is 4.89. The second-order valence-electron chi connectivity index (χ2n) is 4.17. The van der Waals surface area contributed by atoms with E-state index in [0.29, 0.717) is 11.6 Å². The summed E-state index contributed by atoms with van der Waals surface area (Å²) in [5, 5.41) is 0. The summed E-state index contributed by atoms with van der Waals surface area (Å²) in [6, 6.07) is 10.7. The Hall–Kier alpha value is -2.34. The number of pyridine rings is 1. The van der Waals surface area contributed by atoms with Gasteiger partial charge in [0.25, 0.3) is 0 Å². The van der Waals surface area contributed by atoms with E-state index in [0.717, 1.165) is 10.0 Å². The van der Waals surface area contributed by atoms with Crippen molar-refractivity contribution in [3.8, 4) is 11.6 Å². The molecular weight excluding hydrogens is 350 g/mol. The van der Waals surface area contributed by atoms with Gasteiger partial charge in [-0.1, -0.05) is 18.2 Å². The van der Waals surface area contributed by atoms with Crippen molar-refractivity contribution in [2.45, 2.75) is 6.61 Å². The molecule has 0 bridgehead atoms. The highest BCUT2D eigenvalue weighted by atomic mass is 79.9. The molecule has 0 aliphatic carbocycles. The molecule has 1 heterocycles. The fourth-order valence-electron chi connectivity index (χ4n) is 1.59. The van der Waals surface area contributed by atoms with Gasteiger partial charge in [-0.3, -0.25) is 0 Å². The van der Waals surface area contributed by atoms with E-state index < -0.39 is 5.97 Å². The maximum absolute atomic E-state index is 11.6. The molecule has 0 atom stereocenters. The van der Waals surface area contributed by atoms with Crippen LogP contribution in [0, 0.1) is 0 Å². The SMILES string of the molecule is COC=CC(=O)Oc1ccccc1COc1ccc(Br)cn1. The number of methoxy groups -OCH3 is 1. The van der Waals surface area contributed by atoms with Gasteiger partial charge in [-0.05, 0) is 28.1 Å². The van der Waals surface area contributed by atoms with Crippen molar-refractivity contribution in [1.29, 1.82) is 0 Å². The molecule has 6 heteroatoms. The lowest BCUT2D eigenvalue weighted by molar-refractivity contribution is -0.129. The second kappa shape index (κ2) is 8.19. The summed E-state index contributed by atoms with van der Waals surface area (Å²) in [5.74, 6) is 0.407. The number of hydrogen-bond acceptors (Lipinski definition) is 5. The lowest BCUT2D eigenvalue weighted by Crippen LogP contribution is -2.07. The molecule has 0 unspecified atom stereocenters. The summed E-state index contributed by atoms with van der Waals surface area (Å²) in [4.78, 5) is 15.7. The molecule has 0 N–H and O–H groups in total. The van der Waals surface area contributed by atoms with Crippen LogP contribution in [0.1, 0.15) is 5.56 Å². The Labute approximate surface area is 136 Å². The predicted octanol–water partition coefficient (Wildman–Crippen LogP) is 3.49. The number of rotatable bonds is 6. The number of benzene rings is 1. The van der Waals surface area contributed by atoms with Crippen molar-refractivity contribution in [2.75, 3.05) is 7.11 Å². The van der Waals surface area contributed by atoms with Crippen LogP contribution in [0.25, 0.3) is 0 Å². The van der Waals surface area contributed by atoms with Gasteiger partial charge in [0.15, 0.2) is 0 Å². The van der Waals surface area contributed by atoms with Crippen molar-refractivity contribution in [1.82, 2.24) is 4.98 Å². The zero-order valence-corrected chi connectivity index (χ0v) is 13.4. The third-order valence-electron chi connectivity index (χ3n) is 2.60. The number of hydrogen-bond donors (Lipinski definition) is 0. The van der Waals surface area contributed by atoms with Crippen LogP contribution < -0.4 is 9.47 Å². The molecule has 0 saturated heterocycles. The number of halogens is 1. The highest BCUT2D eigenvalue weighted by Crippen LogP contribution is 2.21. The quantitative estimate of drug-likeness (QED) is 0.340. The molecule has 5 nitrogen and oxygen atoms in total. The van der Waals surface area contributed by atoms with E-state index in [9.17, 15) is 4.79 Å². The Balaban J connectivity index is 2.03. The number of carbonyl (C=O) groups excluding carboxylic acids is 1. The minimum absolute atomic E-state index is 0.242. The smallest absolute Gasteiger partial charge is 0.339 e. The molecule has 2 aromatic rings. The molecule has 0 spiro atoms. The minimum atomic E-state index is -0.518. The molecule has 0 aliphatic rings. The van der Waals surface area contributed by atoms with E-state index in [4.69, 9.17) is 9.47 Å². The summed E-state index contributed by atoms with van der Waals surface area (Å²) in [6.45, 7) is 0.242. The maximum Gasteiger partial charge on any atom is 0.339 e. The number of esters is 1. The molecule has 1 aromatic heterocycles. The van der Waals surface area contributed by atoms with E-state index in [1.54, 1.807) is 24.4 Å². The van der Waals surface area contributed by atoms with Gasteiger partial charge in [0.2, 0.25) is 5.88 Å². The molecule has 0 saturated carbocycles. The molecule has 1 aromatic carbocycles. The van der Waals surface area contributed by atoms with Gasteiger partial charge in [0.05, 0.1) is 19.4 Å². The first kappa shape index (κ1) is 16.0. The largest absolute Gasteiger partial charge is 0.504 e. The van der Waals surface area contributed by atoms with E-state index in [1.807, 2.05) is 18.2 Å². The van der Waals surface area contributed by atoms with Crippen LogP contribution in [0.2, 0.25) is 0 Å². The van der Waals surface area contributed by atoms with Crippen molar-refractivity contribution >= 4 is 21.9 Å². The van der Waals surface area contributed by atoms with Gasteiger partial charge in [-0.2, -0.15) is 0 Å². The van der Waals surface area contributed by atoms with Gasteiger partial charge >= 0.3 is 5.97 Å². The standard InChI is InChI=1S/C16H14BrNO4/c1-20-9-8-16(19)22-14-5-3-2-4-12(14)11-21-15-7-6-13(17)10-18-15/h2-10H,11H2,1H3. The first-order chi connectivity index (χ1) is 10.7. The molecule has 0 radical (unpaired) electrons. The van der Waals surface area contributed by atoms with Crippen LogP contribution in [-0.4, -0.2) is 18.1 Å². The van der Waals surface area contributed by atoms with E-state index in [2.05, 4.69) is 25.7 Å². The summed E-state index contributed by atoms with van der Waals surface area (Å²) >= 11 is 3.31. The monoisotopic (exact) mass is 363 g/mol. The Morgan fingerprint density at radius 1 is 1.27 bits per heavy atom. The van der Waals surface area contributed by atoms with E-state index in [-0.39, 0.29) is 6.61 Å². The Kier molecular flexibility index (Phi) is 5.97. The summed E-state index contributed by atoms with van der Waals surface area (Å²) in [5.41, 5.74) is 0.742. The predicted molar refractivity (Wildman–Crippen MR) is 84.5 cm³/mol. The third-order valence-corrected chi connectivity index (χ3v) is 3.07. The lowest BCUT2D eigenvalue weighted by Gasteiger charge is -2.10. The average molecular weight is 364 g/mol. The minimum Gasteiger partial charge on any atom is -0.504 e. The highest BCUT2D eigenvalue weighted by Gasteiger charge is 2.08. The maximum atomic E-state index is 11.6. The summed E-state index contributed by atoms with van der Waals surface area (Å²) in [6.07, 6.45) is 4.11. The van der Waals surface area contributed by atoms with Crippen molar-refractivity contribution in [2.24, 2.45) is 0 Å². The van der Waals surface area contributed by atoms with Crippen LogP contribution in [0.4, 0.5) is 0 Å². The van der Waals surface area contributed by atoms with Gasteiger partial charge < -0.3 is 14.2 Å². The number of carbonyl (C=O) groups is 1. The molecule has 2 rings (SSSR count). The van der Waals surface area contributed by atoms with Crippen LogP contribution in [0.15, 0.2) is 59.4 Å². The van der Waals surface area contributed by atoms with Crippen molar-refractivity contribution in [3.05, 3.63) is 65.0 Å². The molecular formula is C16H14BrNO4. The Morgan fingerprint density at radius 3 is 2.82 bits per heavy atom. The fourth-order valence-corrected chi connectivity index (χ4v) is 1.82. The molecule has 114 valence electrons. The molecule has 0 aliphatic heterocycles. The highest BCUT2D eigenvalue weighted by molar-refractivity contribution is 9.10. The summed E-state index contributed by atoms with van der Waals surface area (Å²) in [7, 11) is 1.46. The summed E-state index contributed by atoms with van der Waals surface area (Å²) < 4.78 is 16.4. The molecule has 0 fully saturated rings. The zero-order valence-electron chi connectivity index (χ0n) is 11.9. The van der Waals surface area contributed by atoms with Crippen LogP contribution >= 0.6 is 15.9 Å². The second-order valence-corrected chi connectivity index (χ2v) is 5.09. The van der Waals surface area contributed by atoms with E-state index in [1.165, 1.54) is 19.4 Å². The average Bonchev–Trinajstić information content (AvgIpc) is 2.53. The van der Waals surface area contributed by atoms with E-state index >= 15 is 0 Å². The van der Waals surface area contributed by atoms with Crippen LogP contribution in [0.5, 0.6) is 11.6 Å². The molecule has 0 amide bonds. The zero-order chi connectivity index (χ0) is 15.8. The van der Waals surface area contributed by atoms with Gasteiger partial charge in [-0.25, -0.2) is 9.78 Å². The van der Waals surface area contributed by atoms with Crippen molar-refractivity contribution < 1.29 is 19.0 Å². The number of nitrogens with zero attached hydrogens (tertiary/aromatic N) is 1. The van der Waals surface area contributed by atoms with Gasteiger partial charge in [-0.15, -0.1) is 0 Å². The topological polar surface area (TPSA) is 57.7 Å². The lowest BCUT2D eigenvalue weighted by atomic mass is 10.2. The van der Waals surface area contributed by atoms with Crippen LogP contribution in [-0.2, 0) is 16.1 Å². The van der Waals surface area contributed by atoms with Crippen LogP contribution in [0.3, 0.4) is 0 Å². The number of aromatic nitrogens is 1. The van der Waals surface area contributed by atoms with Gasteiger partial charge in [0, 0.05) is 22.3 Å². The molecule has 22 heavy (non-hydrogen) atoms. The first-order valence-corrected chi connectivity index (χ1v) is 7.22.